The van der Waals surface area contributed by atoms with Crippen LogP contribution in [0.3, 0.4) is 0 Å². The van der Waals surface area contributed by atoms with E-state index in [1.54, 1.807) is 13.1 Å². The van der Waals surface area contributed by atoms with Gasteiger partial charge in [-0.05, 0) is 17.3 Å². The number of nitrogens with zero attached hydrogens (tertiary/aromatic N) is 4. The molecule has 0 N–H and O–H groups in total. The number of benzene rings is 1. The van der Waals surface area contributed by atoms with Crippen LogP contribution in [-0.2, 0) is 7.05 Å². The Morgan fingerprint density at radius 1 is 1.44 bits per heavy atom. The normalized spacial score (nSPS) is 10.5. The highest BCUT2D eigenvalue weighted by atomic mass is 79.9. The molecule has 7 heteroatoms. The lowest BCUT2D eigenvalue weighted by atomic mass is 10.2. The van der Waals surface area contributed by atoms with Gasteiger partial charge < -0.3 is 4.74 Å². The highest BCUT2D eigenvalue weighted by molar-refractivity contribution is 9.10. The molecule has 0 aliphatic rings. The molecule has 0 aliphatic heterocycles. The molecule has 84 valence electrons. The van der Waals surface area contributed by atoms with Gasteiger partial charge in [0.25, 0.3) is 0 Å². The minimum absolute atomic E-state index is 0.108. The van der Waals surface area contributed by atoms with Gasteiger partial charge in [-0.25, -0.2) is 4.39 Å². The van der Waals surface area contributed by atoms with Crippen LogP contribution in [0.1, 0.15) is 0 Å². The number of methoxy groups -OCH3 is 1. The van der Waals surface area contributed by atoms with Gasteiger partial charge >= 0.3 is 0 Å². The first kappa shape index (κ1) is 11.0. The van der Waals surface area contributed by atoms with Crippen LogP contribution in [0.15, 0.2) is 16.6 Å². The largest absolute Gasteiger partial charge is 0.493 e. The first-order valence-electron chi connectivity index (χ1n) is 4.39. The quantitative estimate of drug-likeness (QED) is 0.845. The summed E-state index contributed by atoms with van der Waals surface area (Å²) in [6.07, 6.45) is 0. The molecule has 1 aromatic heterocycles. The molecule has 0 unspecified atom stereocenters. The Bertz CT molecular complexity index is 528. The second-order valence-corrected chi connectivity index (χ2v) is 3.99. The number of hydrogen-bond acceptors (Lipinski definition) is 4. The van der Waals surface area contributed by atoms with Gasteiger partial charge in [-0.3, -0.25) is 0 Å². The number of tetrazole rings is 1. The summed E-state index contributed by atoms with van der Waals surface area (Å²) in [7, 11) is 3.03. The molecule has 0 spiro atoms. The number of aromatic nitrogens is 4. The highest BCUT2D eigenvalue weighted by Gasteiger charge is 2.16. The van der Waals surface area contributed by atoms with Gasteiger partial charge in [0.05, 0.1) is 19.7 Å². The lowest BCUT2D eigenvalue weighted by Gasteiger charge is -2.06. The number of aryl methyl sites for hydroxylation is 1. The van der Waals surface area contributed by atoms with E-state index < -0.39 is 5.82 Å². The summed E-state index contributed by atoms with van der Waals surface area (Å²) in [6, 6.07) is 3.00. The van der Waals surface area contributed by atoms with Gasteiger partial charge in [0.2, 0.25) is 5.82 Å². The summed E-state index contributed by atoms with van der Waals surface area (Å²) >= 11 is 3.20. The Hall–Kier alpha value is -1.50. The average molecular weight is 287 g/mol. The topological polar surface area (TPSA) is 52.8 Å². The van der Waals surface area contributed by atoms with E-state index in [4.69, 9.17) is 4.74 Å². The molecule has 0 atom stereocenters. The summed E-state index contributed by atoms with van der Waals surface area (Å²) in [4.78, 5) is 1.30. The molecule has 2 aromatic rings. The Balaban J connectivity index is 2.63. The Morgan fingerprint density at radius 2 is 2.19 bits per heavy atom. The van der Waals surface area contributed by atoms with Crippen molar-refractivity contribution in [3.8, 4) is 17.1 Å². The van der Waals surface area contributed by atoms with Crippen molar-refractivity contribution in [2.24, 2.45) is 7.05 Å². The second-order valence-electron chi connectivity index (χ2n) is 3.07. The zero-order valence-corrected chi connectivity index (χ0v) is 10.2. The van der Waals surface area contributed by atoms with Gasteiger partial charge in [0.1, 0.15) is 0 Å². The fourth-order valence-electron chi connectivity index (χ4n) is 1.33. The lowest BCUT2D eigenvalue weighted by Crippen LogP contribution is -1.95. The molecular weight excluding hydrogens is 279 g/mol. The molecule has 2 rings (SSSR count). The Morgan fingerprint density at radius 3 is 2.75 bits per heavy atom. The van der Waals surface area contributed by atoms with Crippen LogP contribution < -0.4 is 4.74 Å². The molecule has 0 saturated carbocycles. The van der Waals surface area contributed by atoms with Gasteiger partial charge in [-0.1, -0.05) is 15.9 Å². The van der Waals surface area contributed by atoms with Gasteiger partial charge in [0, 0.05) is 4.47 Å². The third-order valence-electron chi connectivity index (χ3n) is 1.96. The van der Waals surface area contributed by atoms with Gasteiger partial charge in [-0.2, -0.15) is 4.80 Å². The van der Waals surface area contributed by atoms with E-state index >= 15 is 0 Å². The first-order chi connectivity index (χ1) is 7.61. The van der Waals surface area contributed by atoms with Crippen molar-refractivity contribution in [3.63, 3.8) is 0 Å². The summed E-state index contributed by atoms with van der Waals surface area (Å²) in [5.41, 5.74) is 0.461. The fourth-order valence-corrected chi connectivity index (χ4v) is 1.76. The van der Waals surface area contributed by atoms with Crippen LogP contribution in [-0.4, -0.2) is 27.3 Å². The maximum Gasteiger partial charge on any atom is 0.208 e. The molecule has 1 aromatic carbocycles. The fraction of sp³-hybridized carbons (Fsp3) is 0.222. The minimum atomic E-state index is -0.473. The van der Waals surface area contributed by atoms with E-state index in [0.29, 0.717) is 15.9 Å². The molecule has 0 saturated heterocycles. The smallest absolute Gasteiger partial charge is 0.208 e. The molecular formula is C9H8BrFN4O. The van der Waals surface area contributed by atoms with Crippen molar-refractivity contribution in [1.29, 1.82) is 0 Å². The van der Waals surface area contributed by atoms with Crippen LogP contribution in [0.2, 0.25) is 0 Å². The van der Waals surface area contributed by atoms with Crippen LogP contribution >= 0.6 is 15.9 Å². The summed E-state index contributed by atoms with van der Waals surface area (Å²) in [5, 5.41) is 11.5. The summed E-state index contributed by atoms with van der Waals surface area (Å²) in [5.74, 6) is -0.0462. The molecule has 0 aliphatic carbocycles. The zero-order valence-electron chi connectivity index (χ0n) is 8.61. The molecule has 1 heterocycles. The van der Waals surface area contributed by atoms with Crippen molar-refractivity contribution in [3.05, 3.63) is 22.4 Å². The monoisotopic (exact) mass is 286 g/mol. The highest BCUT2D eigenvalue weighted by Crippen LogP contribution is 2.32. The maximum atomic E-state index is 13.6. The number of halogens is 2. The second kappa shape index (κ2) is 4.17. The van der Waals surface area contributed by atoms with Crippen molar-refractivity contribution in [2.45, 2.75) is 0 Å². The third-order valence-corrected chi connectivity index (χ3v) is 2.42. The molecule has 0 bridgehead atoms. The van der Waals surface area contributed by atoms with E-state index in [-0.39, 0.29) is 5.75 Å². The van der Waals surface area contributed by atoms with E-state index in [0.717, 1.165) is 0 Å². The summed E-state index contributed by atoms with van der Waals surface area (Å²) < 4.78 is 19.1. The van der Waals surface area contributed by atoms with Crippen LogP contribution in [0.5, 0.6) is 5.75 Å². The zero-order chi connectivity index (χ0) is 11.7. The number of hydrogen-bond donors (Lipinski definition) is 0. The van der Waals surface area contributed by atoms with Crippen molar-refractivity contribution in [1.82, 2.24) is 20.2 Å². The maximum absolute atomic E-state index is 13.6. The predicted octanol–water partition coefficient (Wildman–Crippen LogP) is 1.79. The van der Waals surface area contributed by atoms with Gasteiger partial charge in [0.15, 0.2) is 11.6 Å². The third kappa shape index (κ3) is 1.90. The van der Waals surface area contributed by atoms with Crippen molar-refractivity contribution >= 4 is 15.9 Å². The first-order valence-corrected chi connectivity index (χ1v) is 5.18. The van der Waals surface area contributed by atoms with Crippen LogP contribution in [0.25, 0.3) is 11.4 Å². The van der Waals surface area contributed by atoms with E-state index in [1.807, 2.05) is 0 Å². The van der Waals surface area contributed by atoms with Crippen molar-refractivity contribution < 1.29 is 9.13 Å². The predicted molar refractivity (Wildman–Crippen MR) is 58.4 cm³/mol. The Kier molecular flexibility index (Phi) is 2.86. The van der Waals surface area contributed by atoms with E-state index in [1.165, 1.54) is 18.0 Å². The molecule has 5 nitrogen and oxygen atoms in total. The Labute approximate surface area is 99.3 Å². The van der Waals surface area contributed by atoms with Crippen LogP contribution in [0, 0.1) is 5.82 Å². The summed E-state index contributed by atoms with van der Waals surface area (Å²) in [6.45, 7) is 0. The number of ether oxygens (including phenoxy) is 1. The standard InChI is InChI=1S/C9H8BrFN4O/c1-15-13-9(12-14-15)6-3-5(10)4-7(11)8(6)16-2/h3-4H,1-2H3. The van der Waals surface area contributed by atoms with E-state index in [2.05, 4.69) is 31.3 Å². The molecule has 0 amide bonds. The minimum Gasteiger partial charge on any atom is -0.493 e. The van der Waals surface area contributed by atoms with E-state index in [9.17, 15) is 4.39 Å². The SMILES string of the molecule is COc1c(F)cc(Br)cc1-c1nnn(C)n1. The molecule has 0 radical (unpaired) electrons. The lowest BCUT2D eigenvalue weighted by molar-refractivity contribution is 0.388. The molecule has 16 heavy (non-hydrogen) atoms. The van der Waals surface area contributed by atoms with Crippen molar-refractivity contribution in [2.75, 3.05) is 7.11 Å². The average Bonchev–Trinajstić information content (AvgIpc) is 2.63. The molecule has 0 fully saturated rings. The van der Waals surface area contributed by atoms with Gasteiger partial charge in [-0.15, -0.1) is 10.2 Å². The van der Waals surface area contributed by atoms with Crippen LogP contribution in [0.4, 0.5) is 4.39 Å². The number of rotatable bonds is 2.